The molecule has 1 unspecified atom stereocenters. The normalized spacial score (nSPS) is 17.5. The van der Waals surface area contributed by atoms with Gasteiger partial charge in [0.15, 0.2) is 0 Å². The second-order valence-corrected chi connectivity index (χ2v) is 5.07. The Labute approximate surface area is 126 Å². The minimum absolute atomic E-state index is 0.170. The van der Waals surface area contributed by atoms with Crippen molar-refractivity contribution in [2.75, 3.05) is 11.9 Å². The van der Waals surface area contributed by atoms with Crippen LogP contribution in [0.3, 0.4) is 0 Å². The molecule has 1 aliphatic heterocycles. The summed E-state index contributed by atoms with van der Waals surface area (Å²) in [6.07, 6.45) is 6.11. The van der Waals surface area contributed by atoms with Crippen LogP contribution in [0.1, 0.15) is 18.6 Å². The Morgan fingerprint density at radius 3 is 3.14 bits per heavy atom. The first-order chi connectivity index (χ1) is 10.7. The van der Waals surface area contributed by atoms with E-state index >= 15 is 0 Å². The molecule has 0 aromatic carbocycles. The molecular weight excluding hydrogens is 286 g/mol. The van der Waals surface area contributed by atoms with Crippen LogP contribution in [0.2, 0.25) is 0 Å². The lowest BCUT2D eigenvalue weighted by Gasteiger charge is -2.23. The average molecular weight is 303 g/mol. The van der Waals surface area contributed by atoms with E-state index in [9.17, 15) is 9.59 Å². The SMILES string of the molecule is O=C(NCc1ccco1)C1CCCN1C(=O)Nc1cn[nH]c1. The predicted molar refractivity (Wildman–Crippen MR) is 77.9 cm³/mol. The number of nitrogens with zero attached hydrogens (tertiary/aromatic N) is 2. The summed E-state index contributed by atoms with van der Waals surface area (Å²) in [5.74, 6) is 0.511. The van der Waals surface area contributed by atoms with Crippen molar-refractivity contribution < 1.29 is 14.0 Å². The van der Waals surface area contributed by atoms with Crippen molar-refractivity contribution >= 4 is 17.6 Å². The van der Waals surface area contributed by atoms with E-state index in [1.54, 1.807) is 29.5 Å². The van der Waals surface area contributed by atoms with Crippen molar-refractivity contribution in [3.8, 4) is 0 Å². The maximum absolute atomic E-state index is 12.3. The van der Waals surface area contributed by atoms with Crippen molar-refractivity contribution in [1.29, 1.82) is 0 Å². The molecule has 3 amide bonds. The maximum atomic E-state index is 12.3. The van der Waals surface area contributed by atoms with Gasteiger partial charge in [-0.05, 0) is 25.0 Å². The molecule has 8 nitrogen and oxygen atoms in total. The van der Waals surface area contributed by atoms with Crippen LogP contribution in [0, 0.1) is 0 Å². The molecule has 0 radical (unpaired) electrons. The Morgan fingerprint density at radius 2 is 2.41 bits per heavy atom. The highest BCUT2D eigenvalue weighted by Crippen LogP contribution is 2.19. The summed E-state index contributed by atoms with van der Waals surface area (Å²) in [6.45, 7) is 0.877. The van der Waals surface area contributed by atoms with E-state index in [0.29, 0.717) is 31.0 Å². The van der Waals surface area contributed by atoms with Crippen LogP contribution in [-0.2, 0) is 11.3 Å². The number of aromatic amines is 1. The third-order valence-electron chi connectivity index (χ3n) is 3.58. The van der Waals surface area contributed by atoms with Crippen LogP contribution in [0.4, 0.5) is 10.5 Å². The number of hydrogen-bond acceptors (Lipinski definition) is 4. The first-order valence-electron chi connectivity index (χ1n) is 7.10. The number of hydrogen-bond donors (Lipinski definition) is 3. The van der Waals surface area contributed by atoms with E-state index < -0.39 is 6.04 Å². The van der Waals surface area contributed by atoms with Gasteiger partial charge < -0.3 is 20.0 Å². The predicted octanol–water partition coefficient (Wildman–Crippen LogP) is 1.32. The number of nitrogens with one attached hydrogen (secondary N) is 3. The molecule has 116 valence electrons. The van der Waals surface area contributed by atoms with E-state index in [1.807, 2.05) is 0 Å². The average Bonchev–Trinajstić information content (AvgIpc) is 3.25. The van der Waals surface area contributed by atoms with Crippen LogP contribution in [0.25, 0.3) is 0 Å². The molecule has 3 heterocycles. The quantitative estimate of drug-likeness (QED) is 0.792. The standard InChI is InChI=1S/C14H17N5O3/c20-13(15-9-11-3-2-6-22-11)12-4-1-5-19(12)14(21)18-10-7-16-17-8-10/h2-3,6-8,12H,1,4-5,9H2,(H,15,20)(H,16,17)(H,18,21). The second kappa shape index (κ2) is 6.33. The van der Waals surface area contributed by atoms with Crippen molar-refractivity contribution in [2.24, 2.45) is 0 Å². The number of carbonyl (C=O) groups excluding carboxylic acids is 2. The lowest BCUT2D eigenvalue weighted by Crippen LogP contribution is -2.47. The summed E-state index contributed by atoms with van der Waals surface area (Å²) in [5, 5.41) is 11.9. The molecule has 0 aliphatic carbocycles. The lowest BCUT2D eigenvalue weighted by molar-refractivity contribution is -0.124. The minimum atomic E-state index is -0.457. The fraction of sp³-hybridized carbons (Fsp3) is 0.357. The van der Waals surface area contributed by atoms with Gasteiger partial charge in [0.05, 0.1) is 24.7 Å². The second-order valence-electron chi connectivity index (χ2n) is 5.07. The fourth-order valence-electron chi connectivity index (χ4n) is 2.50. The van der Waals surface area contributed by atoms with Gasteiger partial charge in [-0.3, -0.25) is 9.89 Å². The molecule has 3 N–H and O–H groups in total. The van der Waals surface area contributed by atoms with Gasteiger partial charge in [0.2, 0.25) is 5.91 Å². The molecule has 0 saturated carbocycles. The van der Waals surface area contributed by atoms with Gasteiger partial charge >= 0.3 is 6.03 Å². The van der Waals surface area contributed by atoms with Gasteiger partial charge in [0.25, 0.3) is 0 Å². The van der Waals surface area contributed by atoms with E-state index in [4.69, 9.17) is 4.42 Å². The maximum Gasteiger partial charge on any atom is 0.322 e. The molecule has 1 atom stereocenters. The summed E-state index contributed by atoms with van der Waals surface area (Å²) in [5.41, 5.74) is 0.576. The van der Waals surface area contributed by atoms with Crippen LogP contribution >= 0.6 is 0 Å². The Balaban J connectivity index is 1.57. The van der Waals surface area contributed by atoms with Gasteiger partial charge in [0.1, 0.15) is 11.8 Å². The first-order valence-corrected chi connectivity index (χ1v) is 7.10. The number of amides is 3. The van der Waals surface area contributed by atoms with Crippen molar-refractivity contribution in [2.45, 2.75) is 25.4 Å². The summed E-state index contributed by atoms with van der Waals surface area (Å²) < 4.78 is 5.17. The van der Waals surface area contributed by atoms with Crippen LogP contribution in [0.5, 0.6) is 0 Å². The molecule has 1 saturated heterocycles. The van der Waals surface area contributed by atoms with Gasteiger partial charge in [-0.25, -0.2) is 4.79 Å². The van der Waals surface area contributed by atoms with E-state index in [0.717, 1.165) is 6.42 Å². The summed E-state index contributed by atoms with van der Waals surface area (Å²) >= 11 is 0. The molecule has 8 heteroatoms. The lowest BCUT2D eigenvalue weighted by atomic mass is 10.2. The topological polar surface area (TPSA) is 103 Å². The van der Waals surface area contributed by atoms with Crippen molar-refractivity contribution in [1.82, 2.24) is 20.4 Å². The van der Waals surface area contributed by atoms with Crippen LogP contribution < -0.4 is 10.6 Å². The Kier molecular flexibility index (Phi) is 4.08. The molecule has 2 aromatic heterocycles. The minimum Gasteiger partial charge on any atom is -0.467 e. The monoisotopic (exact) mass is 303 g/mol. The Bertz CT molecular complexity index is 623. The smallest absolute Gasteiger partial charge is 0.322 e. The highest BCUT2D eigenvalue weighted by Gasteiger charge is 2.34. The van der Waals surface area contributed by atoms with Gasteiger partial charge in [-0.15, -0.1) is 0 Å². The zero-order valence-corrected chi connectivity index (χ0v) is 11.9. The molecule has 0 spiro atoms. The first kappa shape index (κ1) is 14.2. The number of furan rings is 1. The largest absolute Gasteiger partial charge is 0.467 e. The van der Waals surface area contributed by atoms with Crippen LogP contribution in [0.15, 0.2) is 35.2 Å². The molecule has 0 bridgehead atoms. The Morgan fingerprint density at radius 1 is 1.50 bits per heavy atom. The summed E-state index contributed by atoms with van der Waals surface area (Å²) in [7, 11) is 0. The number of rotatable bonds is 4. The van der Waals surface area contributed by atoms with Crippen LogP contribution in [-0.4, -0.2) is 39.6 Å². The van der Waals surface area contributed by atoms with Crippen molar-refractivity contribution in [3.05, 3.63) is 36.5 Å². The highest BCUT2D eigenvalue weighted by molar-refractivity contribution is 5.94. The fourth-order valence-corrected chi connectivity index (χ4v) is 2.50. The Hall–Kier alpha value is -2.77. The number of aromatic nitrogens is 2. The third-order valence-corrected chi connectivity index (χ3v) is 3.58. The van der Waals surface area contributed by atoms with Gasteiger partial charge in [-0.1, -0.05) is 0 Å². The molecule has 1 fully saturated rings. The number of likely N-dealkylation sites (tertiary alicyclic amines) is 1. The van der Waals surface area contributed by atoms with Crippen molar-refractivity contribution in [3.63, 3.8) is 0 Å². The summed E-state index contributed by atoms with van der Waals surface area (Å²) in [4.78, 5) is 26.0. The summed E-state index contributed by atoms with van der Waals surface area (Å²) in [6, 6.07) is 2.80. The van der Waals surface area contributed by atoms with Gasteiger partial charge in [-0.2, -0.15) is 5.10 Å². The number of carbonyl (C=O) groups is 2. The molecule has 2 aromatic rings. The zero-order valence-electron chi connectivity index (χ0n) is 11.9. The highest BCUT2D eigenvalue weighted by atomic mass is 16.3. The van der Waals surface area contributed by atoms with E-state index in [1.165, 1.54) is 6.20 Å². The zero-order chi connectivity index (χ0) is 15.4. The molecule has 3 rings (SSSR count). The van der Waals surface area contributed by atoms with E-state index in [-0.39, 0.29) is 11.9 Å². The van der Waals surface area contributed by atoms with Gasteiger partial charge in [0, 0.05) is 12.7 Å². The number of anilines is 1. The number of H-pyrrole nitrogens is 1. The number of urea groups is 1. The molecule has 1 aliphatic rings. The van der Waals surface area contributed by atoms with E-state index in [2.05, 4.69) is 20.8 Å². The third kappa shape index (κ3) is 3.11. The molecule has 22 heavy (non-hydrogen) atoms. The molecular formula is C14H17N5O3.